The van der Waals surface area contributed by atoms with E-state index in [0.29, 0.717) is 0 Å². The van der Waals surface area contributed by atoms with Crippen LogP contribution in [0.3, 0.4) is 0 Å². The van der Waals surface area contributed by atoms with Gasteiger partial charge in [0.05, 0.1) is 5.71 Å². The van der Waals surface area contributed by atoms with E-state index in [0.717, 1.165) is 11.6 Å². The van der Waals surface area contributed by atoms with Gasteiger partial charge >= 0.3 is 5.95 Å². The average Bonchev–Trinajstić information content (AvgIpc) is 2.96. The summed E-state index contributed by atoms with van der Waals surface area (Å²) < 4.78 is 4.96. The largest absolute Gasteiger partial charge is 0.405 e. The first-order valence-electron chi connectivity index (χ1n) is 8.82. The minimum absolute atomic E-state index is 0.140. The van der Waals surface area contributed by atoms with Crippen molar-refractivity contribution in [3.8, 4) is 0 Å². The predicted molar refractivity (Wildman–Crippen MR) is 96.1 cm³/mol. The van der Waals surface area contributed by atoms with Gasteiger partial charge in [0.25, 0.3) is 0 Å². The van der Waals surface area contributed by atoms with E-state index in [1.165, 1.54) is 54.8 Å². The molecule has 2 aliphatic rings. The van der Waals surface area contributed by atoms with Crippen LogP contribution < -0.4 is 4.58 Å². The van der Waals surface area contributed by atoms with Crippen molar-refractivity contribution < 1.29 is 0 Å². The molecule has 0 atom stereocenters. The summed E-state index contributed by atoms with van der Waals surface area (Å²) in [4.78, 5) is 4.96. The first-order valence-corrected chi connectivity index (χ1v) is 8.82. The summed E-state index contributed by atoms with van der Waals surface area (Å²) in [5, 5.41) is 0. The van der Waals surface area contributed by atoms with E-state index in [-0.39, 0.29) is 5.54 Å². The highest BCUT2D eigenvalue weighted by Gasteiger charge is 2.52. The zero-order chi connectivity index (χ0) is 16.2. The van der Waals surface area contributed by atoms with Crippen molar-refractivity contribution in [3.63, 3.8) is 0 Å². The molecule has 0 unspecified atom stereocenters. The molecule has 1 aliphatic heterocycles. The molecule has 1 aromatic heterocycles. The van der Waals surface area contributed by atoms with Gasteiger partial charge in [-0.1, -0.05) is 29.6 Å². The van der Waals surface area contributed by atoms with Crippen molar-refractivity contribution in [2.75, 3.05) is 0 Å². The minimum atomic E-state index is 0.140. The molecule has 0 N–H and O–H groups in total. The van der Waals surface area contributed by atoms with E-state index >= 15 is 0 Å². The summed E-state index contributed by atoms with van der Waals surface area (Å²) in [6.45, 7) is 8.89. The zero-order valence-electron chi connectivity index (χ0n) is 14.7. The van der Waals surface area contributed by atoms with Gasteiger partial charge in [-0.25, -0.2) is 4.57 Å². The van der Waals surface area contributed by atoms with Crippen molar-refractivity contribution in [1.29, 1.82) is 0 Å². The average molecular weight is 308 g/mol. The van der Waals surface area contributed by atoms with Crippen molar-refractivity contribution in [3.05, 3.63) is 41.2 Å². The van der Waals surface area contributed by atoms with Crippen LogP contribution in [0.2, 0.25) is 0 Å². The monoisotopic (exact) mass is 308 g/mol. The van der Waals surface area contributed by atoms with E-state index in [1.54, 1.807) is 0 Å². The Morgan fingerprint density at radius 2 is 1.70 bits per heavy atom. The summed E-state index contributed by atoms with van der Waals surface area (Å²) in [5.74, 6) is 1.12. The van der Waals surface area contributed by atoms with Gasteiger partial charge in [0.1, 0.15) is 16.9 Å². The number of fused-ring (bicyclic) bond motifs is 2. The molecule has 2 heterocycles. The van der Waals surface area contributed by atoms with Gasteiger partial charge in [0.2, 0.25) is 0 Å². The number of hydrogen-bond acceptors (Lipinski definition) is 1. The molecule has 23 heavy (non-hydrogen) atoms. The Morgan fingerprint density at radius 3 is 2.39 bits per heavy atom. The second kappa shape index (κ2) is 5.05. The Kier molecular flexibility index (Phi) is 3.22. The standard InChI is InChI=1S/C20H26N3/c1-14-10-6-7-11-18(14)22-17(4)20(12-8-5-9-13-20)23-16(3)15(2)21-19(22)23/h6-7,10-11H,5,8-9,12-13H2,1-4H3/q+1. The molecule has 3 nitrogen and oxygen atoms in total. The van der Waals surface area contributed by atoms with Crippen LogP contribution in [-0.4, -0.2) is 15.3 Å². The van der Waals surface area contributed by atoms with Crippen LogP contribution in [0.1, 0.15) is 56.0 Å². The summed E-state index contributed by atoms with van der Waals surface area (Å²) in [7, 11) is 0. The van der Waals surface area contributed by atoms with Gasteiger partial charge < -0.3 is 0 Å². The first-order chi connectivity index (χ1) is 11.1. The van der Waals surface area contributed by atoms with E-state index < -0.39 is 0 Å². The van der Waals surface area contributed by atoms with Gasteiger partial charge in [0.15, 0.2) is 5.69 Å². The molecule has 0 radical (unpaired) electrons. The zero-order valence-corrected chi connectivity index (χ0v) is 14.7. The highest BCUT2D eigenvalue weighted by molar-refractivity contribution is 5.97. The van der Waals surface area contributed by atoms with Crippen LogP contribution in [-0.2, 0) is 5.54 Å². The van der Waals surface area contributed by atoms with Crippen LogP contribution in [0, 0.1) is 20.8 Å². The molecule has 3 heteroatoms. The number of aryl methyl sites for hydroxylation is 2. The summed E-state index contributed by atoms with van der Waals surface area (Å²) in [6.07, 6.45) is 6.47. The van der Waals surface area contributed by atoms with Gasteiger partial charge in [-0.2, -0.15) is 4.58 Å². The molecule has 4 rings (SSSR count). The second-order valence-electron chi connectivity index (χ2n) is 7.22. The quantitative estimate of drug-likeness (QED) is 0.695. The third kappa shape index (κ3) is 1.89. The van der Waals surface area contributed by atoms with Crippen molar-refractivity contribution in [2.45, 2.75) is 65.3 Å². The van der Waals surface area contributed by atoms with Crippen LogP contribution in [0.5, 0.6) is 0 Å². The Morgan fingerprint density at radius 1 is 1.00 bits per heavy atom. The Balaban J connectivity index is 2.02. The van der Waals surface area contributed by atoms with Gasteiger partial charge in [0, 0.05) is 0 Å². The fourth-order valence-corrected chi connectivity index (χ4v) is 4.60. The molecule has 1 saturated carbocycles. The van der Waals surface area contributed by atoms with Crippen molar-refractivity contribution in [2.24, 2.45) is 0 Å². The molecular formula is C20H26N3+. The highest BCUT2D eigenvalue weighted by Crippen LogP contribution is 2.46. The first kappa shape index (κ1) is 14.7. The van der Waals surface area contributed by atoms with Crippen LogP contribution >= 0.6 is 0 Å². The molecule has 120 valence electrons. The lowest BCUT2D eigenvalue weighted by atomic mass is 9.78. The molecule has 1 spiro atoms. The lowest BCUT2D eigenvalue weighted by molar-refractivity contribution is 0.288. The predicted octanol–water partition coefficient (Wildman–Crippen LogP) is 4.78. The maximum atomic E-state index is 4.96. The van der Waals surface area contributed by atoms with Gasteiger partial charge in [-0.3, -0.25) is 0 Å². The van der Waals surface area contributed by atoms with E-state index in [2.05, 4.69) is 61.1 Å². The third-order valence-corrected chi connectivity index (χ3v) is 6.00. The number of imidazole rings is 1. The second-order valence-corrected chi connectivity index (χ2v) is 7.22. The fourth-order valence-electron chi connectivity index (χ4n) is 4.60. The van der Waals surface area contributed by atoms with Crippen molar-refractivity contribution in [1.82, 2.24) is 14.1 Å². The van der Waals surface area contributed by atoms with Crippen LogP contribution in [0.15, 0.2) is 24.3 Å². The van der Waals surface area contributed by atoms with Gasteiger partial charge in [-0.15, -0.1) is 0 Å². The molecule has 0 bridgehead atoms. The lowest BCUT2D eigenvalue weighted by Crippen LogP contribution is -2.41. The molecule has 1 aromatic carbocycles. The Bertz CT molecular complexity index is 804. The van der Waals surface area contributed by atoms with E-state index in [1.807, 2.05) is 0 Å². The molecule has 0 amide bonds. The summed E-state index contributed by atoms with van der Waals surface area (Å²) >= 11 is 0. The third-order valence-electron chi connectivity index (χ3n) is 6.00. The normalized spacial score (nSPS) is 19.5. The highest BCUT2D eigenvalue weighted by atomic mass is 15.4. The van der Waals surface area contributed by atoms with Gasteiger partial charge in [-0.05, 0) is 65.0 Å². The summed E-state index contributed by atoms with van der Waals surface area (Å²) in [6, 6.07) is 8.67. The minimum Gasteiger partial charge on any atom is -0.217 e. The molecule has 2 aromatic rings. The SMILES string of the molecule is CC1=[N+](c2ccccc2C)c2nc(C)c(C)n2C12CCCCC2. The number of nitrogens with zero attached hydrogens (tertiary/aromatic N) is 3. The Labute approximate surface area is 138 Å². The van der Waals surface area contributed by atoms with Crippen LogP contribution in [0.25, 0.3) is 0 Å². The Hall–Kier alpha value is -1.90. The topological polar surface area (TPSA) is 20.8 Å². The number of para-hydroxylation sites is 1. The molecular weight excluding hydrogens is 282 g/mol. The number of rotatable bonds is 1. The molecule has 1 fully saturated rings. The number of benzene rings is 1. The number of hydrogen-bond donors (Lipinski definition) is 0. The smallest absolute Gasteiger partial charge is 0.217 e. The van der Waals surface area contributed by atoms with E-state index in [9.17, 15) is 0 Å². The maximum Gasteiger partial charge on any atom is 0.405 e. The van der Waals surface area contributed by atoms with E-state index in [4.69, 9.17) is 4.98 Å². The van der Waals surface area contributed by atoms with Crippen LogP contribution in [0.4, 0.5) is 11.6 Å². The summed E-state index contributed by atoms with van der Waals surface area (Å²) in [5.41, 5.74) is 6.68. The van der Waals surface area contributed by atoms with Crippen molar-refractivity contribution >= 4 is 17.3 Å². The molecule has 0 saturated heterocycles. The number of aromatic nitrogens is 2. The lowest BCUT2D eigenvalue weighted by Gasteiger charge is -2.32. The maximum absolute atomic E-state index is 4.96. The molecule has 1 aliphatic carbocycles. The fraction of sp³-hybridized carbons (Fsp3) is 0.500.